The van der Waals surface area contributed by atoms with Gasteiger partial charge >= 0.3 is 0 Å². The number of rotatable bonds is 4. The molecule has 0 bridgehead atoms. The van der Waals surface area contributed by atoms with E-state index < -0.39 is 0 Å². The van der Waals surface area contributed by atoms with E-state index in [0.717, 1.165) is 51.3 Å². The first kappa shape index (κ1) is 18.3. The summed E-state index contributed by atoms with van der Waals surface area (Å²) in [5.41, 5.74) is 2.21. The van der Waals surface area contributed by atoms with Crippen LogP contribution in [0.2, 0.25) is 0 Å². The number of hydrogen-bond donors (Lipinski definition) is 1. The zero-order valence-electron chi connectivity index (χ0n) is 16.1. The molecule has 2 aliphatic rings. The molecule has 3 heterocycles. The van der Waals surface area contributed by atoms with Crippen LogP contribution in [0.15, 0.2) is 48.7 Å². The standard InChI is InChI=1S/C22H29N3O2/c1-23-11-5-8-20(23)21(27)25-12-9-22(10-13-25)17-24(15-19(22)16-26)14-18-6-3-2-4-7-18/h2-8,11,19,26H,9-10,12-17H2,1H3. The van der Waals surface area contributed by atoms with Gasteiger partial charge in [0.05, 0.1) is 0 Å². The van der Waals surface area contributed by atoms with Crippen LogP contribution in [0.4, 0.5) is 0 Å². The second-order valence-corrected chi connectivity index (χ2v) is 8.19. The molecule has 1 aromatic carbocycles. The fourth-order valence-electron chi connectivity index (χ4n) is 4.92. The first-order valence-electron chi connectivity index (χ1n) is 9.89. The molecule has 0 radical (unpaired) electrons. The molecule has 2 fully saturated rings. The van der Waals surface area contributed by atoms with Crippen LogP contribution < -0.4 is 0 Å². The first-order valence-corrected chi connectivity index (χ1v) is 9.89. The van der Waals surface area contributed by atoms with Gasteiger partial charge in [0.1, 0.15) is 5.69 Å². The number of aliphatic hydroxyl groups excluding tert-OH is 1. The van der Waals surface area contributed by atoms with E-state index in [9.17, 15) is 9.90 Å². The number of nitrogens with zero attached hydrogens (tertiary/aromatic N) is 3. The van der Waals surface area contributed by atoms with Crippen molar-refractivity contribution in [1.29, 1.82) is 0 Å². The Morgan fingerprint density at radius 2 is 1.89 bits per heavy atom. The molecule has 5 heteroatoms. The number of carbonyl (C=O) groups is 1. The average Bonchev–Trinajstić information content (AvgIpc) is 3.26. The van der Waals surface area contributed by atoms with Crippen LogP contribution in [0.1, 0.15) is 28.9 Å². The third kappa shape index (κ3) is 3.54. The van der Waals surface area contributed by atoms with E-state index in [2.05, 4.69) is 29.2 Å². The molecule has 2 aromatic rings. The Bertz CT molecular complexity index is 778. The molecule has 1 aromatic heterocycles. The second-order valence-electron chi connectivity index (χ2n) is 8.19. The number of piperidine rings is 1. The molecule has 5 nitrogen and oxygen atoms in total. The Balaban J connectivity index is 1.41. The summed E-state index contributed by atoms with van der Waals surface area (Å²) in [4.78, 5) is 17.2. The van der Waals surface area contributed by atoms with Crippen molar-refractivity contribution < 1.29 is 9.90 Å². The maximum atomic E-state index is 12.8. The summed E-state index contributed by atoms with van der Waals surface area (Å²) in [5, 5.41) is 10.0. The smallest absolute Gasteiger partial charge is 0.270 e. The van der Waals surface area contributed by atoms with Crippen LogP contribution in [-0.4, -0.2) is 58.2 Å². The van der Waals surface area contributed by atoms with E-state index in [4.69, 9.17) is 0 Å². The lowest BCUT2D eigenvalue weighted by Crippen LogP contribution is -2.47. The summed E-state index contributed by atoms with van der Waals surface area (Å²) in [6.07, 6.45) is 3.86. The van der Waals surface area contributed by atoms with Crippen LogP contribution in [0.25, 0.3) is 0 Å². The second kappa shape index (κ2) is 7.49. The van der Waals surface area contributed by atoms with Gasteiger partial charge in [0.15, 0.2) is 0 Å². The fourth-order valence-corrected chi connectivity index (χ4v) is 4.92. The predicted octanol–water partition coefficient (Wildman–Crippen LogP) is 2.37. The van der Waals surface area contributed by atoms with Crippen molar-refractivity contribution in [2.75, 3.05) is 32.8 Å². The van der Waals surface area contributed by atoms with Gasteiger partial charge in [-0.05, 0) is 36.0 Å². The topological polar surface area (TPSA) is 48.7 Å². The molecule has 1 spiro atoms. The van der Waals surface area contributed by atoms with Crippen molar-refractivity contribution in [2.24, 2.45) is 18.4 Å². The Morgan fingerprint density at radius 1 is 1.15 bits per heavy atom. The molecule has 4 rings (SSSR count). The zero-order chi connectivity index (χ0) is 18.9. The summed E-state index contributed by atoms with van der Waals surface area (Å²) in [6, 6.07) is 14.3. The maximum Gasteiger partial charge on any atom is 0.270 e. The third-order valence-corrected chi connectivity index (χ3v) is 6.56. The minimum absolute atomic E-state index is 0.122. The molecule has 144 valence electrons. The third-order valence-electron chi connectivity index (χ3n) is 6.56. The predicted molar refractivity (Wildman–Crippen MR) is 105 cm³/mol. The number of benzene rings is 1. The van der Waals surface area contributed by atoms with Gasteiger partial charge in [-0.3, -0.25) is 9.69 Å². The highest BCUT2D eigenvalue weighted by atomic mass is 16.3. The Hall–Kier alpha value is -2.11. The number of carbonyl (C=O) groups excluding carboxylic acids is 1. The van der Waals surface area contributed by atoms with Crippen molar-refractivity contribution in [1.82, 2.24) is 14.4 Å². The van der Waals surface area contributed by atoms with Crippen LogP contribution in [-0.2, 0) is 13.6 Å². The fraction of sp³-hybridized carbons (Fsp3) is 0.500. The van der Waals surface area contributed by atoms with Gasteiger partial charge in [-0.15, -0.1) is 0 Å². The number of aliphatic hydroxyl groups is 1. The molecule has 2 saturated heterocycles. The molecule has 1 atom stereocenters. The van der Waals surface area contributed by atoms with Crippen LogP contribution >= 0.6 is 0 Å². The maximum absolute atomic E-state index is 12.8. The lowest BCUT2D eigenvalue weighted by atomic mass is 9.71. The molecule has 2 aliphatic heterocycles. The number of aryl methyl sites for hydroxylation is 1. The highest BCUT2D eigenvalue weighted by Gasteiger charge is 2.48. The van der Waals surface area contributed by atoms with Gasteiger partial charge in [0.25, 0.3) is 5.91 Å². The zero-order valence-corrected chi connectivity index (χ0v) is 16.1. The van der Waals surface area contributed by atoms with Gasteiger partial charge < -0.3 is 14.6 Å². The molecule has 1 amide bonds. The number of likely N-dealkylation sites (tertiary alicyclic amines) is 2. The van der Waals surface area contributed by atoms with E-state index in [1.807, 2.05) is 40.9 Å². The molecule has 0 aliphatic carbocycles. The molecule has 1 N–H and O–H groups in total. The monoisotopic (exact) mass is 367 g/mol. The number of aromatic nitrogens is 1. The summed E-state index contributed by atoms with van der Waals surface area (Å²) >= 11 is 0. The van der Waals surface area contributed by atoms with Crippen molar-refractivity contribution in [2.45, 2.75) is 19.4 Å². The van der Waals surface area contributed by atoms with Gasteiger partial charge in [0.2, 0.25) is 0 Å². The molecule has 0 saturated carbocycles. The summed E-state index contributed by atoms with van der Waals surface area (Å²) in [5.74, 6) is 0.422. The van der Waals surface area contributed by atoms with Gasteiger partial charge in [-0.1, -0.05) is 30.3 Å². The van der Waals surface area contributed by atoms with Crippen molar-refractivity contribution in [3.8, 4) is 0 Å². The SMILES string of the molecule is Cn1cccc1C(=O)N1CCC2(CC1)CN(Cc1ccccc1)CC2CO. The Morgan fingerprint density at radius 3 is 2.52 bits per heavy atom. The van der Waals surface area contributed by atoms with E-state index in [0.29, 0.717) is 5.92 Å². The highest BCUT2D eigenvalue weighted by Crippen LogP contribution is 2.45. The van der Waals surface area contributed by atoms with Gasteiger partial charge in [-0.25, -0.2) is 0 Å². The van der Waals surface area contributed by atoms with E-state index in [1.165, 1.54) is 5.56 Å². The number of hydrogen-bond acceptors (Lipinski definition) is 3. The normalized spacial score (nSPS) is 22.4. The van der Waals surface area contributed by atoms with Crippen molar-refractivity contribution in [3.63, 3.8) is 0 Å². The highest BCUT2D eigenvalue weighted by molar-refractivity contribution is 5.92. The van der Waals surface area contributed by atoms with E-state index >= 15 is 0 Å². The average molecular weight is 367 g/mol. The lowest BCUT2D eigenvalue weighted by molar-refractivity contribution is 0.0395. The van der Waals surface area contributed by atoms with Crippen molar-refractivity contribution in [3.05, 3.63) is 59.9 Å². The summed E-state index contributed by atoms with van der Waals surface area (Å²) in [7, 11) is 1.92. The van der Waals surface area contributed by atoms with Gasteiger partial charge in [0, 0.05) is 58.5 Å². The lowest BCUT2D eigenvalue weighted by Gasteiger charge is -2.42. The molecule has 27 heavy (non-hydrogen) atoms. The van der Waals surface area contributed by atoms with E-state index in [-0.39, 0.29) is 17.9 Å². The Labute approximate surface area is 161 Å². The first-order chi connectivity index (χ1) is 13.1. The number of amides is 1. The summed E-state index contributed by atoms with van der Waals surface area (Å²) in [6.45, 7) is 4.68. The minimum atomic E-state index is 0.122. The Kier molecular flexibility index (Phi) is 5.06. The molecule has 1 unspecified atom stereocenters. The minimum Gasteiger partial charge on any atom is -0.396 e. The molecular formula is C22H29N3O2. The molecular weight excluding hydrogens is 338 g/mol. The van der Waals surface area contributed by atoms with Crippen molar-refractivity contribution >= 4 is 5.91 Å². The van der Waals surface area contributed by atoms with Crippen LogP contribution in [0.3, 0.4) is 0 Å². The van der Waals surface area contributed by atoms with Crippen LogP contribution in [0, 0.1) is 11.3 Å². The van der Waals surface area contributed by atoms with E-state index in [1.54, 1.807) is 0 Å². The summed E-state index contributed by atoms with van der Waals surface area (Å²) < 4.78 is 1.89. The largest absolute Gasteiger partial charge is 0.396 e. The van der Waals surface area contributed by atoms with Gasteiger partial charge in [-0.2, -0.15) is 0 Å². The van der Waals surface area contributed by atoms with Crippen LogP contribution in [0.5, 0.6) is 0 Å². The quantitative estimate of drug-likeness (QED) is 0.903.